The maximum absolute atomic E-state index is 13.3. The van der Waals surface area contributed by atoms with E-state index >= 15 is 0 Å². The lowest BCUT2D eigenvalue weighted by molar-refractivity contribution is 0.0531. The van der Waals surface area contributed by atoms with Gasteiger partial charge in [0.25, 0.3) is 5.92 Å². The fourth-order valence-corrected chi connectivity index (χ4v) is 2.12. The van der Waals surface area contributed by atoms with Gasteiger partial charge < -0.3 is 10.3 Å². The summed E-state index contributed by atoms with van der Waals surface area (Å²) in [6.07, 6.45) is 4.44. The Morgan fingerprint density at radius 2 is 2.24 bits per heavy atom. The average Bonchev–Trinajstić information content (AvgIpc) is 2.71. The van der Waals surface area contributed by atoms with E-state index in [1.165, 1.54) is 0 Å². The van der Waals surface area contributed by atoms with Crippen LogP contribution >= 0.6 is 0 Å². The minimum absolute atomic E-state index is 0.295. The topological polar surface area (TPSA) is 40.7 Å². The van der Waals surface area contributed by atoms with E-state index in [0.29, 0.717) is 12.1 Å². The quantitative estimate of drug-likeness (QED) is 0.795. The second kappa shape index (κ2) is 3.63. The predicted octanol–water partition coefficient (Wildman–Crippen LogP) is 2.18. The van der Waals surface area contributed by atoms with E-state index in [1.807, 2.05) is 6.07 Å². The van der Waals surface area contributed by atoms with Gasteiger partial charge in [0, 0.05) is 29.9 Å². The molecule has 0 saturated carbocycles. The Morgan fingerprint density at radius 1 is 1.35 bits per heavy atom. The molecule has 3 nitrogen and oxygen atoms in total. The zero-order valence-electron chi connectivity index (χ0n) is 9.00. The van der Waals surface area contributed by atoms with Gasteiger partial charge in [-0.25, -0.2) is 13.8 Å². The van der Waals surface area contributed by atoms with Crippen LogP contribution < -0.4 is 5.32 Å². The van der Waals surface area contributed by atoms with Gasteiger partial charge in [-0.3, -0.25) is 0 Å². The number of halogens is 2. The van der Waals surface area contributed by atoms with Crippen LogP contribution in [-0.4, -0.2) is 29.0 Å². The van der Waals surface area contributed by atoms with Crippen molar-refractivity contribution in [1.82, 2.24) is 15.3 Å². The molecule has 1 aliphatic heterocycles. The van der Waals surface area contributed by atoms with Crippen molar-refractivity contribution in [3.8, 4) is 0 Å². The molecule has 0 atom stereocenters. The third kappa shape index (κ3) is 1.82. The monoisotopic (exact) mass is 235 g/mol. The molecule has 2 aromatic heterocycles. The van der Waals surface area contributed by atoms with Crippen LogP contribution in [0.15, 0.2) is 30.6 Å². The number of rotatable bonds is 1. The van der Waals surface area contributed by atoms with Gasteiger partial charge in [-0.15, -0.1) is 0 Å². The molecule has 0 saturated heterocycles. The molecule has 0 aromatic carbocycles. The van der Waals surface area contributed by atoms with Crippen LogP contribution in [0, 0.1) is 0 Å². The zero-order valence-corrected chi connectivity index (χ0v) is 9.00. The number of aromatic nitrogens is 2. The fraction of sp³-hybridized carbons (Fsp3) is 0.250. The van der Waals surface area contributed by atoms with Crippen molar-refractivity contribution < 1.29 is 8.78 Å². The molecule has 0 radical (unpaired) electrons. The molecule has 2 N–H and O–H groups in total. The third-order valence-electron chi connectivity index (χ3n) is 2.86. The Balaban J connectivity index is 2.13. The number of hydrogen-bond donors (Lipinski definition) is 2. The summed E-state index contributed by atoms with van der Waals surface area (Å²) in [6, 6.07) is 3.68. The van der Waals surface area contributed by atoms with Gasteiger partial charge in [0.1, 0.15) is 5.65 Å². The van der Waals surface area contributed by atoms with Gasteiger partial charge in [-0.2, -0.15) is 0 Å². The minimum atomic E-state index is -2.78. The lowest BCUT2D eigenvalue weighted by Crippen LogP contribution is -2.36. The van der Waals surface area contributed by atoms with Crippen molar-refractivity contribution in [2.75, 3.05) is 13.1 Å². The van der Waals surface area contributed by atoms with Gasteiger partial charge in [0.15, 0.2) is 0 Å². The minimum Gasteiger partial charge on any atom is -0.346 e. The molecule has 0 aliphatic carbocycles. The zero-order chi connectivity index (χ0) is 11.9. The second-order valence-electron chi connectivity index (χ2n) is 4.14. The maximum Gasteiger partial charge on any atom is 0.279 e. The van der Waals surface area contributed by atoms with Crippen LogP contribution in [0.4, 0.5) is 8.78 Å². The Kier molecular flexibility index (Phi) is 2.22. The summed E-state index contributed by atoms with van der Waals surface area (Å²) >= 11 is 0. The Labute approximate surface area is 96.6 Å². The van der Waals surface area contributed by atoms with Crippen molar-refractivity contribution >= 4 is 16.6 Å². The van der Waals surface area contributed by atoms with Crippen molar-refractivity contribution in [2.24, 2.45) is 0 Å². The van der Waals surface area contributed by atoms with Crippen molar-refractivity contribution in [2.45, 2.75) is 5.92 Å². The second-order valence-corrected chi connectivity index (χ2v) is 4.14. The molecule has 3 heterocycles. The molecular formula is C12H11F2N3. The van der Waals surface area contributed by atoms with E-state index in [-0.39, 0.29) is 6.54 Å². The SMILES string of the molecule is FC1(F)C=C(c2c[nH]c3ncccc23)CNC1. The molecular weight excluding hydrogens is 224 g/mol. The van der Waals surface area contributed by atoms with Crippen LogP contribution in [0.25, 0.3) is 16.6 Å². The summed E-state index contributed by atoms with van der Waals surface area (Å²) in [6.45, 7) is 0.161. The summed E-state index contributed by atoms with van der Waals surface area (Å²) in [4.78, 5) is 7.13. The van der Waals surface area contributed by atoms with Gasteiger partial charge in [0.2, 0.25) is 0 Å². The Morgan fingerprint density at radius 3 is 3.06 bits per heavy atom. The largest absolute Gasteiger partial charge is 0.346 e. The van der Waals surface area contributed by atoms with Crippen LogP contribution in [-0.2, 0) is 0 Å². The number of fused-ring (bicyclic) bond motifs is 1. The predicted molar refractivity (Wildman–Crippen MR) is 61.9 cm³/mol. The molecule has 0 amide bonds. The molecule has 88 valence electrons. The van der Waals surface area contributed by atoms with E-state index < -0.39 is 5.92 Å². The Bertz CT molecular complexity index is 586. The first kappa shape index (κ1) is 10.4. The molecule has 5 heteroatoms. The summed E-state index contributed by atoms with van der Waals surface area (Å²) in [5.41, 5.74) is 2.12. The smallest absolute Gasteiger partial charge is 0.279 e. The van der Waals surface area contributed by atoms with Gasteiger partial charge >= 0.3 is 0 Å². The fourth-order valence-electron chi connectivity index (χ4n) is 2.12. The molecule has 1 aliphatic rings. The number of aromatic amines is 1. The van der Waals surface area contributed by atoms with Crippen molar-refractivity contribution in [1.29, 1.82) is 0 Å². The van der Waals surface area contributed by atoms with Gasteiger partial charge in [-0.05, 0) is 23.8 Å². The molecule has 0 spiro atoms. The van der Waals surface area contributed by atoms with E-state index in [0.717, 1.165) is 22.7 Å². The van der Waals surface area contributed by atoms with Gasteiger partial charge in [0.05, 0.1) is 6.54 Å². The van der Waals surface area contributed by atoms with Crippen LogP contribution in [0.1, 0.15) is 5.56 Å². The highest BCUT2D eigenvalue weighted by atomic mass is 19.3. The number of H-pyrrole nitrogens is 1. The highest BCUT2D eigenvalue weighted by Crippen LogP contribution is 2.29. The summed E-state index contributed by atoms with van der Waals surface area (Å²) in [5, 5.41) is 3.60. The van der Waals surface area contributed by atoms with Crippen molar-refractivity contribution in [3.63, 3.8) is 0 Å². The number of hydrogen-bond acceptors (Lipinski definition) is 2. The summed E-state index contributed by atoms with van der Waals surface area (Å²) in [5.74, 6) is -2.78. The van der Waals surface area contributed by atoms with E-state index in [4.69, 9.17) is 0 Å². The first-order valence-corrected chi connectivity index (χ1v) is 5.38. The van der Waals surface area contributed by atoms with E-state index in [9.17, 15) is 8.78 Å². The molecule has 2 aromatic rings. The highest BCUT2D eigenvalue weighted by molar-refractivity contribution is 5.91. The molecule has 0 unspecified atom stereocenters. The Hall–Kier alpha value is -1.75. The summed E-state index contributed by atoms with van der Waals surface area (Å²) < 4.78 is 26.6. The number of nitrogens with zero attached hydrogens (tertiary/aromatic N) is 1. The molecule has 0 fully saturated rings. The normalized spacial score (nSPS) is 19.3. The van der Waals surface area contributed by atoms with Gasteiger partial charge in [-0.1, -0.05) is 0 Å². The number of nitrogens with one attached hydrogen (secondary N) is 2. The molecule has 3 rings (SSSR count). The first-order chi connectivity index (χ1) is 8.16. The average molecular weight is 235 g/mol. The lowest BCUT2D eigenvalue weighted by Gasteiger charge is -2.21. The van der Waals surface area contributed by atoms with E-state index in [2.05, 4.69) is 15.3 Å². The number of pyridine rings is 1. The standard InChI is InChI=1S/C12H11F2N3/c13-12(14)4-8(5-15-7-12)10-6-17-11-9(10)2-1-3-16-11/h1-4,6,15H,5,7H2,(H,16,17). The van der Waals surface area contributed by atoms with Crippen LogP contribution in [0.2, 0.25) is 0 Å². The third-order valence-corrected chi connectivity index (χ3v) is 2.86. The number of alkyl halides is 2. The van der Waals surface area contributed by atoms with Crippen LogP contribution in [0.3, 0.4) is 0 Å². The van der Waals surface area contributed by atoms with Crippen molar-refractivity contribution in [3.05, 3.63) is 36.2 Å². The molecule has 0 bridgehead atoms. The molecule has 17 heavy (non-hydrogen) atoms. The summed E-state index contributed by atoms with van der Waals surface area (Å²) in [7, 11) is 0. The van der Waals surface area contributed by atoms with E-state index in [1.54, 1.807) is 18.5 Å². The lowest BCUT2D eigenvalue weighted by atomic mass is 10.0. The van der Waals surface area contributed by atoms with Crippen LogP contribution in [0.5, 0.6) is 0 Å². The first-order valence-electron chi connectivity index (χ1n) is 5.38. The maximum atomic E-state index is 13.3. The highest BCUT2D eigenvalue weighted by Gasteiger charge is 2.30.